The van der Waals surface area contributed by atoms with Crippen LogP contribution in [0.2, 0.25) is 0 Å². The van der Waals surface area contributed by atoms with E-state index in [-0.39, 0.29) is 54.5 Å². The standard InChI is InChI=1S/C24H24BNO2.C18H12BrN.C9H19BO3.C4H8O.C4H9.Li/c1-23(2)24(3,4)28-25(27-23)17-13-15-18(16-14-17)26-21-11-7-5-9-19(21)20-10-6-8-12-22(20)26;19-13-9-11-14(12-10-13)20-17-7-3-1-5-15(17)16-6-2-4-8-18(16)20;1-7(2)11-10-12-8(3,4)9(5,6)13-10;1-2-4-5-3-1;1-3-4-2;/h5-16H,1-4H3;1-12H;7H,1-6H3;1-4H2;1,3-4H2,2H3;/q;;;;-1;+1. The average Bonchev–Trinajstić information content (AvgIpc) is 4.16. The minimum absolute atomic E-state index is 0. The van der Waals surface area contributed by atoms with Crippen LogP contribution < -0.4 is 24.3 Å². The Balaban J connectivity index is 0.000000167. The van der Waals surface area contributed by atoms with Crippen molar-refractivity contribution in [2.75, 3.05) is 13.2 Å². The minimum atomic E-state index is -0.523. The number of ether oxygens (including phenoxy) is 1. The first-order chi connectivity index (χ1) is 33.4. The van der Waals surface area contributed by atoms with Crippen molar-refractivity contribution >= 4 is 79.4 Å². The number of para-hydroxylation sites is 4. The summed E-state index contributed by atoms with van der Waals surface area (Å²) in [7, 11) is -0.859. The molecule has 0 bridgehead atoms. The molecule has 8 nitrogen and oxygen atoms in total. The van der Waals surface area contributed by atoms with Crippen molar-refractivity contribution in [2.24, 2.45) is 0 Å². The minimum Gasteiger partial charge on any atom is -0.399 e. The summed E-state index contributed by atoms with van der Waals surface area (Å²) in [6.07, 6.45) is 4.95. The van der Waals surface area contributed by atoms with E-state index in [1.54, 1.807) is 0 Å². The normalized spacial score (nSPS) is 17.2. The maximum absolute atomic E-state index is 6.19. The van der Waals surface area contributed by atoms with Gasteiger partial charge in [0.1, 0.15) is 0 Å². The summed E-state index contributed by atoms with van der Waals surface area (Å²) in [4.78, 5) is 0. The maximum atomic E-state index is 6.19. The van der Waals surface area contributed by atoms with E-state index in [1.165, 1.54) is 68.6 Å². The second-order valence-corrected chi connectivity index (χ2v) is 21.2. The first kappa shape index (κ1) is 56.2. The summed E-state index contributed by atoms with van der Waals surface area (Å²) in [6.45, 7) is 28.0. The number of unbranched alkanes of at least 4 members (excludes halogenated alkanes) is 1. The monoisotopic (exact) mass is 1010 g/mol. The fraction of sp³-hybridized carbons (Fsp3) is 0.373. The van der Waals surface area contributed by atoms with Crippen LogP contribution in [0, 0.1) is 6.92 Å². The fourth-order valence-corrected chi connectivity index (χ4v) is 8.59. The molecule has 2 aromatic heterocycles. The number of hydrogen-bond donors (Lipinski definition) is 0. The topological polar surface area (TPSA) is 65.2 Å². The quantitative estimate of drug-likeness (QED) is 0.122. The molecule has 368 valence electrons. The zero-order valence-corrected chi connectivity index (χ0v) is 45.8. The van der Waals surface area contributed by atoms with Crippen molar-refractivity contribution in [1.29, 1.82) is 0 Å². The Morgan fingerprint density at radius 3 is 1.17 bits per heavy atom. The maximum Gasteiger partial charge on any atom is 1.00 e. The Kier molecular flexibility index (Phi) is 19.2. The van der Waals surface area contributed by atoms with Crippen molar-refractivity contribution in [2.45, 2.75) is 130 Å². The van der Waals surface area contributed by atoms with Crippen LogP contribution in [-0.2, 0) is 28.0 Å². The van der Waals surface area contributed by atoms with Gasteiger partial charge in [-0.15, -0.1) is 0 Å². The van der Waals surface area contributed by atoms with Gasteiger partial charge in [0.25, 0.3) is 0 Å². The summed E-state index contributed by atoms with van der Waals surface area (Å²) >= 11 is 3.50. The molecule has 12 heteroatoms. The van der Waals surface area contributed by atoms with Crippen LogP contribution in [0.3, 0.4) is 0 Å². The Bertz CT molecular complexity index is 2800. The van der Waals surface area contributed by atoms with Crippen molar-refractivity contribution in [3.05, 3.63) is 157 Å². The molecule has 11 rings (SSSR count). The third kappa shape index (κ3) is 13.0. The molecule has 3 aliphatic rings. The molecule has 8 aromatic rings. The number of halogens is 1. The third-order valence-corrected chi connectivity index (χ3v) is 14.2. The Morgan fingerprint density at radius 2 is 0.859 bits per heavy atom. The van der Waals surface area contributed by atoms with Crippen LogP contribution in [0.15, 0.2) is 150 Å². The molecule has 5 heterocycles. The van der Waals surface area contributed by atoms with Gasteiger partial charge in [-0.2, -0.15) is 6.42 Å². The number of rotatable bonds is 6. The average molecular weight is 1010 g/mol. The summed E-state index contributed by atoms with van der Waals surface area (Å²) in [5.74, 6) is 0. The molecule has 0 radical (unpaired) electrons. The number of hydrogen-bond acceptors (Lipinski definition) is 6. The largest absolute Gasteiger partial charge is 1.00 e. The van der Waals surface area contributed by atoms with Crippen LogP contribution in [0.25, 0.3) is 55.0 Å². The Morgan fingerprint density at radius 1 is 0.535 bits per heavy atom. The van der Waals surface area contributed by atoms with Crippen LogP contribution in [0.5, 0.6) is 0 Å². The molecule has 0 saturated carbocycles. The summed E-state index contributed by atoms with van der Waals surface area (Å²) in [5.41, 5.74) is 7.03. The van der Waals surface area contributed by atoms with Gasteiger partial charge in [-0.25, -0.2) is 0 Å². The predicted molar refractivity (Wildman–Crippen MR) is 298 cm³/mol. The molecular formula is C59H72B2BrLiN2O6. The van der Waals surface area contributed by atoms with E-state index in [9.17, 15) is 0 Å². The molecular weight excluding hydrogens is 941 g/mol. The molecule has 3 fully saturated rings. The zero-order chi connectivity index (χ0) is 50.3. The van der Waals surface area contributed by atoms with Gasteiger partial charge in [-0.05, 0) is 148 Å². The Labute approximate surface area is 444 Å². The molecule has 0 unspecified atom stereocenters. The molecule has 0 amide bonds. The third-order valence-electron chi connectivity index (χ3n) is 13.7. The van der Waals surface area contributed by atoms with Gasteiger partial charge < -0.3 is 44.1 Å². The van der Waals surface area contributed by atoms with Crippen molar-refractivity contribution < 1.29 is 46.9 Å². The van der Waals surface area contributed by atoms with E-state index in [2.05, 4.69) is 212 Å². The number of aromatic nitrogens is 2. The van der Waals surface area contributed by atoms with E-state index in [0.717, 1.165) is 35.3 Å². The van der Waals surface area contributed by atoms with Gasteiger partial charge in [0, 0.05) is 56.7 Å². The van der Waals surface area contributed by atoms with E-state index in [1.807, 2.05) is 41.5 Å². The second kappa shape index (κ2) is 24.3. The van der Waals surface area contributed by atoms with Gasteiger partial charge >= 0.3 is 33.3 Å². The predicted octanol–water partition coefficient (Wildman–Crippen LogP) is 12.1. The Hall–Kier alpha value is -4.11. The first-order valence-corrected chi connectivity index (χ1v) is 25.7. The molecule has 3 saturated heterocycles. The van der Waals surface area contributed by atoms with Gasteiger partial charge in [-0.3, -0.25) is 0 Å². The second-order valence-electron chi connectivity index (χ2n) is 20.3. The van der Waals surface area contributed by atoms with Crippen LogP contribution in [0.1, 0.15) is 102 Å². The molecule has 0 spiro atoms. The molecule has 0 atom stereocenters. The van der Waals surface area contributed by atoms with Crippen LogP contribution >= 0.6 is 15.9 Å². The van der Waals surface area contributed by atoms with E-state index in [4.69, 9.17) is 28.0 Å². The van der Waals surface area contributed by atoms with Crippen LogP contribution in [0.4, 0.5) is 0 Å². The van der Waals surface area contributed by atoms with Gasteiger partial charge in [0.05, 0.1) is 44.5 Å². The zero-order valence-electron chi connectivity index (χ0n) is 44.3. The summed E-state index contributed by atoms with van der Waals surface area (Å²) in [5, 5.41) is 5.14. The fourth-order valence-electron chi connectivity index (χ4n) is 8.33. The van der Waals surface area contributed by atoms with E-state index < -0.39 is 7.32 Å². The first-order valence-electron chi connectivity index (χ1n) is 24.9. The molecule has 0 N–H and O–H groups in total. The van der Waals surface area contributed by atoms with Crippen molar-refractivity contribution in [3.8, 4) is 11.4 Å². The van der Waals surface area contributed by atoms with Gasteiger partial charge in [0.2, 0.25) is 0 Å². The number of benzene rings is 6. The van der Waals surface area contributed by atoms with Gasteiger partial charge in [-0.1, -0.05) is 114 Å². The van der Waals surface area contributed by atoms with Crippen LogP contribution in [-0.4, -0.2) is 65.3 Å². The summed E-state index contributed by atoms with van der Waals surface area (Å²) in [6, 6.07) is 51.2. The smallest absolute Gasteiger partial charge is 0.399 e. The van der Waals surface area contributed by atoms with Crippen molar-refractivity contribution in [3.63, 3.8) is 0 Å². The van der Waals surface area contributed by atoms with Crippen molar-refractivity contribution in [1.82, 2.24) is 9.13 Å². The summed E-state index contributed by atoms with van der Waals surface area (Å²) < 4.78 is 39.8. The van der Waals surface area contributed by atoms with E-state index >= 15 is 0 Å². The molecule has 71 heavy (non-hydrogen) atoms. The van der Waals surface area contributed by atoms with Gasteiger partial charge in [0.15, 0.2) is 0 Å². The molecule has 3 aliphatic heterocycles. The SMILES string of the molecule is Brc1ccc(-n2c3ccccc3c3ccccc32)cc1.C1CCOC1.CC(C)OB1OC(C)(C)C(C)(C)O1.CC1(C)OB(c2ccc(-n3c4ccccc4c4ccccc43)cc2)OC1(C)C.[CH2-]CCC.[Li+]. The number of nitrogens with zero attached hydrogens (tertiary/aromatic N) is 2. The molecule has 0 aliphatic carbocycles. The number of fused-ring (bicyclic) bond motifs is 6. The molecule has 6 aromatic carbocycles. The van der Waals surface area contributed by atoms with E-state index in [0.29, 0.717) is 0 Å².